The monoisotopic (exact) mass is 786 g/mol. The second-order valence-corrected chi connectivity index (χ2v) is 11.0. The molecular weight excluding hydrogens is 737 g/mol. The molecule has 1 saturated carbocycles. The number of aryl methyl sites for hydroxylation is 2. The molecule has 46 heavy (non-hydrogen) atoms. The summed E-state index contributed by atoms with van der Waals surface area (Å²) in [5, 5.41) is 9.31. The smallest absolute Gasteiger partial charge is 0.811 e. The van der Waals surface area contributed by atoms with Gasteiger partial charge in [0.1, 0.15) is 0 Å². The predicted molar refractivity (Wildman–Crippen MR) is 192 cm³/mol. The molecule has 0 spiro atoms. The van der Waals surface area contributed by atoms with Crippen LogP contribution in [0.1, 0.15) is 71.4 Å². The Balaban J connectivity index is 0.000000236. The average Bonchev–Trinajstić information content (AvgIpc) is 3.71. The number of rotatable bonds is 8. The fraction of sp³-hybridized carbons (Fsp3) is 0.209. The van der Waals surface area contributed by atoms with E-state index in [1.165, 1.54) is 18.3 Å². The third-order valence-corrected chi connectivity index (χ3v) is 7.78. The van der Waals surface area contributed by atoms with E-state index in [9.17, 15) is 5.41 Å². The quantitative estimate of drug-likeness (QED) is 0.0877. The fourth-order valence-corrected chi connectivity index (χ4v) is 5.37. The van der Waals surface area contributed by atoms with Crippen molar-refractivity contribution in [1.29, 1.82) is 0 Å². The van der Waals surface area contributed by atoms with E-state index in [-0.39, 0.29) is 37.2 Å². The first-order valence-electron chi connectivity index (χ1n) is 19.2. The van der Waals surface area contributed by atoms with Gasteiger partial charge in [-0.3, -0.25) is 0 Å². The number of allylic oxidation sites excluding steroid dienone is 4. The Labute approximate surface area is 300 Å². The van der Waals surface area contributed by atoms with Gasteiger partial charge in [0, 0.05) is 17.2 Å². The molecule has 1 aromatic heterocycles. The van der Waals surface area contributed by atoms with E-state index in [4.69, 9.17) is 11.0 Å². The van der Waals surface area contributed by atoms with Crippen molar-refractivity contribution in [1.82, 2.24) is 4.98 Å². The minimum atomic E-state index is -2.27. The average molecular weight is 786 g/mol. The van der Waals surface area contributed by atoms with E-state index in [0.717, 1.165) is 65.3 Å². The molecule has 1 heterocycles. The molecule has 0 radical (unpaired) electrons. The Morgan fingerprint density at radius 1 is 0.957 bits per heavy atom. The van der Waals surface area contributed by atoms with E-state index < -0.39 is 20.1 Å². The molecule has 2 nitrogen and oxygen atoms in total. The van der Waals surface area contributed by atoms with Gasteiger partial charge in [0.2, 0.25) is 0 Å². The summed E-state index contributed by atoms with van der Waals surface area (Å²) in [5.74, 6) is 0.111. The summed E-state index contributed by atoms with van der Waals surface area (Å²) in [4.78, 5) is 4.21. The van der Waals surface area contributed by atoms with Crippen LogP contribution < -0.4 is 0 Å². The zero-order valence-corrected chi connectivity index (χ0v) is 28.2. The second-order valence-electron chi connectivity index (χ2n) is 11.0. The number of aromatic nitrogens is 1. The van der Waals surface area contributed by atoms with Gasteiger partial charge in [-0.15, -0.1) is 70.8 Å². The Morgan fingerprint density at radius 3 is 2.39 bits per heavy atom. The fourth-order valence-electron chi connectivity index (χ4n) is 5.37. The predicted octanol–water partition coefficient (Wildman–Crippen LogP) is 11.2. The molecule has 0 N–H and O–H groups in total. The summed E-state index contributed by atoms with van der Waals surface area (Å²) in [6, 6.07) is 37.2. The Bertz CT molecular complexity index is 2030. The molecule has 0 amide bonds. The van der Waals surface area contributed by atoms with Crippen LogP contribution in [0.2, 0.25) is 0 Å². The van der Waals surface area contributed by atoms with Crippen molar-refractivity contribution in [3.05, 3.63) is 167 Å². The molecule has 0 unspecified atom stereocenters. The molecule has 1 aliphatic carbocycles. The van der Waals surface area contributed by atoms with Gasteiger partial charge in [0.25, 0.3) is 0 Å². The van der Waals surface area contributed by atoms with Crippen molar-refractivity contribution < 1.29 is 31.1 Å². The number of pyridine rings is 1. The maximum atomic E-state index is 9.31. The normalized spacial score (nSPS) is 16.8. The molecule has 0 saturated heterocycles. The molecule has 0 aliphatic heterocycles. The van der Waals surface area contributed by atoms with E-state index in [2.05, 4.69) is 17.1 Å². The molecule has 6 rings (SSSR count). The van der Waals surface area contributed by atoms with E-state index in [0.29, 0.717) is 16.8 Å². The maximum absolute atomic E-state index is 9.31. The molecule has 1 fully saturated rings. The zero-order chi connectivity index (χ0) is 38.2. The summed E-state index contributed by atoms with van der Waals surface area (Å²) in [6.07, 6.45) is 8.93. The van der Waals surface area contributed by atoms with Gasteiger partial charge < -0.3 is 10.4 Å². The van der Waals surface area contributed by atoms with Crippen molar-refractivity contribution in [2.45, 2.75) is 52.7 Å². The van der Waals surface area contributed by atoms with Gasteiger partial charge in [0.15, 0.2) is 0 Å². The topological polar surface area (TPSA) is 35.2 Å². The van der Waals surface area contributed by atoms with Crippen LogP contribution in [0.5, 0.6) is 0 Å². The molecule has 1 aliphatic rings. The van der Waals surface area contributed by atoms with Gasteiger partial charge in [-0.25, -0.2) is 0 Å². The summed E-state index contributed by atoms with van der Waals surface area (Å²) in [5.41, 5.74) is 7.50. The van der Waals surface area contributed by atoms with Crippen molar-refractivity contribution in [2.24, 2.45) is 5.92 Å². The van der Waals surface area contributed by atoms with Crippen LogP contribution in [0.15, 0.2) is 121 Å². The van der Waals surface area contributed by atoms with Gasteiger partial charge in [-0.1, -0.05) is 124 Å². The van der Waals surface area contributed by atoms with E-state index in [1.807, 2.05) is 91.9 Å². The number of nitrogens with zero attached hydrogens (tertiary/aromatic N) is 2. The molecule has 4 aromatic carbocycles. The SMILES string of the molecule is [2H]C([2H])([2H])c1ccc(-c2[c-]cc(C([2H])([2H])[2H])c(-c3ccccc3)c2)nc1.[2H]C([2H])(c1ccc(C(/C=C(\C)c2[c-]cccc2)=C/C=[N-])cc1)C1CCCC1.[Ir+3]. The number of hydrogen-bond acceptors (Lipinski definition) is 1. The van der Waals surface area contributed by atoms with E-state index >= 15 is 0 Å². The molecule has 0 bridgehead atoms. The minimum absolute atomic E-state index is 0. The van der Waals surface area contributed by atoms with E-state index in [1.54, 1.807) is 18.2 Å². The Kier molecular flexibility index (Phi) is 9.51. The third kappa shape index (κ3) is 9.66. The summed E-state index contributed by atoms with van der Waals surface area (Å²) >= 11 is 0. The molecule has 0 atom stereocenters. The first-order chi connectivity index (χ1) is 25.2. The van der Waals surface area contributed by atoms with Crippen LogP contribution >= 0.6 is 0 Å². The molecule has 3 heteroatoms. The Morgan fingerprint density at radius 2 is 1.74 bits per heavy atom. The van der Waals surface area contributed by atoms with Crippen LogP contribution in [0.4, 0.5) is 0 Å². The van der Waals surface area contributed by atoms with Gasteiger partial charge in [0.05, 0.1) is 0 Å². The zero-order valence-electron chi connectivity index (χ0n) is 33.8. The van der Waals surface area contributed by atoms with Crippen LogP contribution in [0.25, 0.3) is 38.9 Å². The number of hydrogen-bond donors (Lipinski definition) is 0. The van der Waals surface area contributed by atoms with Crippen LogP contribution in [0, 0.1) is 31.8 Å². The maximum Gasteiger partial charge on any atom is 3.00 e. The van der Waals surface area contributed by atoms with Crippen LogP contribution in [-0.2, 0) is 26.5 Å². The minimum Gasteiger partial charge on any atom is -0.811 e. The van der Waals surface area contributed by atoms with Crippen molar-refractivity contribution >= 4 is 17.4 Å². The molecular formula is C43H41IrN2. The summed E-state index contributed by atoms with van der Waals surface area (Å²) in [7, 11) is 0. The van der Waals surface area contributed by atoms with Gasteiger partial charge in [-0.05, 0) is 52.7 Å². The van der Waals surface area contributed by atoms with Crippen molar-refractivity contribution in [3.8, 4) is 22.4 Å². The molecule has 232 valence electrons. The van der Waals surface area contributed by atoms with Gasteiger partial charge in [-0.2, -0.15) is 6.21 Å². The molecule has 5 aromatic rings. The summed E-state index contributed by atoms with van der Waals surface area (Å²) in [6.45, 7) is -2.46. The standard InChI is InChI=1S/C24H25N.C19H16N.Ir/c1-19(22-9-3-2-4-10-22)17-24(15-16-25)23-13-11-21(12-14-23)18-20-7-5-6-8-20;1-14-8-11-19(20-13-14)17-10-9-15(2)18(12-17)16-6-4-3-5-7-16;/h2-4,9,11-17,20H,5-8,18H2,1H3;3-9,11-13H,1-2H3;/q-2;-1;+3/b19-17+,24-15+;;/i18D2;1D3,2D3;. The van der Waals surface area contributed by atoms with Crippen molar-refractivity contribution in [3.63, 3.8) is 0 Å². The van der Waals surface area contributed by atoms with Crippen LogP contribution in [0.3, 0.4) is 0 Å². The summed E-state index contributed by atoms with van der Waals surface area (Å²) < 4.78 is 62.6. The van der Waals surface area contributed by atoms with Crippen molar-refractivity contribution in [2.75, 3.05) is 0 Å². The van der Waals surface area contributed by atoms with Gasteiger partial charge >= 0.3 is 20.1 Å². The largest absolute Gasteiger partial charge is 3.00 e. The number of benzene rings is 4. The first-order valence-corrected chi connectivity index (χ1v) is 15.2. The second kappa shape index (κ2) is 17.5. The first kappa shape index (κ1) is 25.0. The van der Waals surface area contributed by atoms with Crippen LogP contribution in [-0.4, -0.2) is 11.2 Å². The Hall–Kier alpha value is -4.17. The third-order valence-electron chi connectivity index (χ3n) is 7.78.